The first kappa shape index (κ1) is 31.7. The molecule has 0 bridgehead atoms. The first-order valence-electron chi connectivity index (χ1n) is 18.7. The van der Waals surface area contributed by atoms with Crippen LogP contribution in [0.1, 0.15) is 43.1 Å². The van der Waals surface area contributed by atoms with E-state index in [0.717, 1.165) is 43.2 Å². The number of furan rings is 2. The van der Waals surface area contributed by atoms with Gasteiger partial charge in [-0.05, 0) is 94.0 Å². The Kier molecular flexibility index (Phi) is 6.52. The summed E-state index contributed by atoms with van der Waals surface area (Å²) < 4.78 is 13.4. The summed E-state index contributed by atoms with van der Waals surface area (Å²) in [5.74, 6) is 1.81. The molecule has 4 aromatic heterocycles. The molecular weight excluding hydrogens is 761 g/mol. The van der Waals surface area contributed by atoms with E-state index in [1.165, 1.54) is 62.7 Å². The molecule has 6 aromatic carbocycles. The van der Waals surface area contributed by atoms with Crippen LogP contribution in [0.5, 0.6) is 0 Å². The smallest absolute Gasteiger partial charge is 0.145 e. The Morgan fingerprint density at radius 1 is 0.339 bits per heavy atom. The quantitative estimate of drug-likeness (QED) is 0.174. The molecule has 1 aliphatic carbocycles. The van der Waals surface area contributed by atoms with Gasteiger partial charge in [-0.15, -0.1) is 22.7 Å². The molecule has 2 aliphatic heterocycles. The van der Waals surface area contributed by atoms with Crippen molar-refractivity contribution in [1.82, 2.24) is 0 Å². The molecule has 0 fully saturated rings. The molecule has 10 aromatic rings. The Balaban J connectivity index is 1.24. The Morgan fingerprint density at radius 3 is 1.05 bits per heavy atom. The average molecular weight is 789 g/mol. The van der Waals surface area contributed by atoms with Gasteiger partial charge >= 0.3 is 0 Å². The Hall–Kier alpha value is -5.50. The molecule has 0 saturated carbocycles. The maximum atomic E-state index is 6.72. The predicted octanol–water partition coefficient (Wildman–Crippen LogP) is 14.6. The van der Waals surface area contributed by atoms with Crippen molar-refractivity contribution in [2.75, 3.05) is 0 Å². The van der Waals surface area contributed by atoms with E-state index in [1.54, 1.807) is 0 Å². The monoisotopic (exact) mass is 788 g/mol. The number of thiophene rings is 2. The van der Waals surface area contributed by atoms with Crippen LogP contribution in [0.25, 0.3) is 43.2 Å². The first-order chi connectivity index (χ1) is 27.7. The number of para-hydroxylation sites is 2. The van der Waals surface area contributed by atoms with E-state index < -0.39 is 10.8 Å². The molecule has 0 atom stereocenters. The lowest BCUT2D eigenvalue weighted by Gasteiger charge is -2.51. The fraction of sp³-hybridized carbons (Fsp3) is 0.0400. The SMILES string of the molecule is c1ccc2c(c1)Sc1ccccc1C21c2cc(-c3cc4ccccc4o3)sc2C2(c3ccccc3Sc3ccccc32)c2cc(-c3cc4ccccc4o3)sc21. The van der Waals surface area contributed by atoms with Crippen molar-refractivity contribution in [2.24, 2.45) is 0 Å². The summed E-state index contributed by atoms with van der Waals surface area (Å²) in [4.78, 5) is 10.1. The van der Waals surface area contributed by atoms with Gasteiger partial charge in [0.05, 0.1) is 20.6 Å². The molecule has 2 nitrogen and oxygen atoms in total. The van der Waals surface area contributed by atoms with Crippen molar-refractivity contribution in [2.45, 2.75) is 30.4 Å². The Bertz CT molecular complexity index is 2820. The minimum Gasteiger partial charge on any atom is -0.455 e. The van der Waals surface area contributed by atoms with Crippen LogP contribution in [0.3, 0.4) is 0 Å². The molecule has 264 valence electrons. The zero-order valence-corrected chi connectivity index (χ0v) is 32.9. The summed E-state index contributed by atoms with van der Waals surface area (Å²) in [6.45, 7) is 0. The number of fused-ring (bicyclic) bond motifs is 16. The highest BCUT2D eigenvalue weighted by Gasteiger charge is 2.60. The normalized spacial score (nSPS) is 15.3. The van der Waals surface area contributed by atoms with E-state index >= 15 is 0 Å². The molecule has 2 spiro atoms. The van der Waals surface area contributed by atoms with E-state index in [1.807, 2.05) is 46.2 Å². The third kappa shape index (κ3) is 4.04. The zero-order valence-electron chi connectivity index (χ0n) is 29.6. The molecule has 6 heterocycles. The number of hydrogen-bond acceptors (Lipinski definition) is 6. The molecular formula is C50H28O2S4. The van der Waals surface area contributed by atoms with Crippen molar-refractivity contribution >= 4 is 68.1 Å². The van der Waals surface area contributed by atoms with Gasteiger partial charge in [0.25, 0.3) is 0 Å². The van der Waals surface area contributed by atoms with Gasteiger partial charge in [0.15, 0.2) is 0 Å². The van der Waals surface area contributed by atoms with Crippen molar-refractivity contribution in [1.29, 1.82) is 0 Å². The maximum absolute atomic E-state index is 6.72. The lowest BCUT2D eigenvalue weighted by atomic mass is 9.55. The van der Waals surface area contributed by atoms with Crippen LogP contribution in [0, 0.1) is 0 Å². The maximum Gasteiger partial charge on any atom is 0.145 e. The van der Waals surface area contributed by atoms with Crippen molar-refractivity contribution in [3.8, 4) is 21.3 Å². The van der Waals surface area contributed by atoms with Crippen molar-refractivity contribution in [3.05, 3.63) is 213 Å². The van der Waals surface area contributed by atoms with Gasteiger partial charge < -0.3 is 8.83 Å². The van der Waals surface area contributed by atoms with Gasteiger partial charge in [0, 0.05) is 40.1 Å². The number of rotatable bonds is 2. The molecule has 0 radical (unpaired) electrons. The van der Waals surface area contributed by atoms with E-state index in [2.05, 4.69) is 170 Å². The van der Waals surface area contributed by atoms with Gasteiger partial charge in [0.2, 0.25) is 0 Å². The van der Waals surface area contributed by atoms with Crippen molar-refractivity contribution in [3.63, 3.8) is 0 Å². The van der Waals surface area contributed by atoms with Gasteiger partial charge in [-0.1, -0.05) is 133 Å². The fourth-order valence-electron chi connectivity index (χ4n) is 9.65. The van der Waals surface area contributed by atoms with Gasteiger partial charge in [-0.25, -0.2) is 0 Å². The lowest BCUT2D eigenvalue weighted by molar-refractivity contribution is 0.609. The van der Waals surface area contributed by atoms with E-state index in [4.69, 9.17) is 8.83 Å². The Labute approximate surface area is 339 Å². The third-order valence-corrected chi connectivity index (χ3v) is 16.7. The second-order valence-corrected chi connectivity index (χ2v) is 19.0. The summed E-state index contributed by atoms with van der Waals surface area (Å²) >= 11 is 7.56. The van der Waals surface area contributed by atoms with Crippen LogP contribution in [0.15, 0.2) is 198 Å². The largest absolute Gasteiger partial charge is 0.455 e. The fourth-order valence-corrected chi connectivity index (χ4v) is 14.8. The summed E-state index contributed by atoms with van der Waals surface area (Å²) in [6.07, 6.45) is 0. The van der Waals surface area contributed by atoms with Crippen LogP contribution >= 0.6 is 46.2 Å². The molecule has 6 heteroatoms. The van der Waals surface area contributed by atoms with Gasteiger partial charge in [0.1, 0.15) is 22.7 Å². The average Bonchev–Trinajstić information content (AvgIpc) is 4.07. The molecule has 0 unspecified atom stereocenters. The summed E-state index contributed by atoms with van der Waals surface area (Å²) in [6, 6.07) is 62.5. The highest BCUT2D eigenvalue weighted by molar-refractivity contribution is 7.99. The van der Waals surface area contributed by atoms with Crippen LogP contribution in [-0.2, 0) is 10.8 Å². The van der Waals surface area contributed by atoms with Crippen LogP contribution < -0.4 is 0 Å². The molecule has 0 saturated heterocycles. The summed E-state index contributed by atoms with van der Waals surface area (Å²) in [5, 5.41) is 2.23. The highest BCUT2D eigenvalue weighted by atomic mass is 32.2. The van der Waals surface area contributed by atoms with Crippen LogP contribution in [-0.4, -0.2) is 0 Å². The van der Waals surface area contributed by atoms with E-state index in [9.17, 15) is 0 Å². The minimum absolute atomic E-state index is 0.599. The predicted molar refractivity (Wildman–Crippen MR) is 231 cm³/mol. The van der Waals surface area contributed by atoms with Crippen LogP contribution in [0.4, 0.5) is 0 Å². The van der Waals surface area contributed by atoms with Gasteiger partial charge in [-0.2, -0.15) is 0 Å². The molecule has 0 amide bonds. The van der Waals surface area contributed by atoms with Crippen LogP contribution in [0.2, 0.25) is 0 Å². The molecule has 0 N–H and O–H groups in total. The Morgan fingerprint density at radius 2 is 0.679 bits per heavy atom. The second-order valence-electron chi connectivity index (χ2n) is 14.7. The van der Waals surface area contributed by atoms with Crippen molar-refractivity contribution < 1.29 is 8.83 Å². The zero-order chi connectivity index (χ0) is 36.6. The number of benzene rings is 6. The van der Waals surface area contributed by atoms with E-state index in [0.29, 0.717) is 0 Å². The minimum atomic E-state index is -0.599. The lowest BCUT2D eigenvalue weighted by Crippen LogP contribution is -2.45. The number of hydrogen-bond donors (Lipinski definition) is 0. The highest BCUT2D eigenvalue weighted by Crippen LogP contribution is 2.70. The standard InChI is InChI=1S/C50H28O2S4/c1-7-19-37-29(13-1)25-39(51-37)45-27-35-47(55-45)50(33-17-5-11-23-43(33)54-44-24-12-6-18-34(44)50)36-28-46(40-26-30-14-2-8-20-38(30)52-40)56-48(36)49(35)31-15-3-9-21-41(31)53-42-22-10-4-16-32(42)49/h1-28H. The molecule has 56 heavy (non-hydrogen) atoms. The molecule has 3 aliphatic rings. The van der Waals surface area contributed by atoms with E-state index in [-0.39, 0.29) is 0 Å². The van der Waals surface area contributed by atoms with Gasteiger partial charge in [-0.3, -0.25) is 0 Å². The first-order valence-corrected chi connectivity index (χ1v) is 22.0. The molecule has 13 rings (SSSR count). The third-order valence-electron chi connectivity index (χ3n) is 11.9. The summed E-state index contributed by atoms with van der Waals surface area (Å²) in [7, 11) is 0. The topological polar surface area (TPSA) is 26.3 Å². The summed E-state index contributed by atoms with van der Waals surface area (Å²) in [5.41, 5.74) is 8.53. The second kappa shape index (κ2) is 11.5.